The maximum absolute atomic E-state index is 12.5. The molecule has 5 heteroatoms. The van der Waals surface area contributed by atoms with Gasteiger partial charge in [-0.15, -0.1) is 0 Å². The second-order valence-electron chi connectivity index (χ2n) is 7.64. The van der Waals surface area contributed by atoms with E-state index in [1.54, 1.807) is 23.1 Å². The monoisotopic (exact) mass is 352 g/mol. The minimum atomic E-state index is -0.332. The number of carbonyl (C=O) groups is 2. The number of aryl methyl sites for hydroxylation is 1. The van der Waals surface area contributed by atoms with Crippen molar-refractivity contribution < 1.29 is 14.3 Å². The summed E-state index contributed by atoms with van der Waals surface area (Å²) < 4.78 is 5.54. The van der Waals surface area contributed by atoms with Gasteiger partial charge >= 0.3 is 0 Å². The number of hydrogen-bond acceptors (Lipinski definition) is 3. The standard InChI is InChI=1S/C21H24N2O3/c1-14-5-7-15(8-6-14)12-23-17-11-16(20(25)22-21(2,3)4)9-10-18(17)26-13-19(23)24/h5-11H,12-13H2,1-4H3,(H,22,25). The van der Waals surface area contributed by atoms with Crippen LogP contribution in [0, 0.1) is 6.92 Å². The van der Waals surface area contributed by atoms with E-state index >= 15 is 0 Å². The molecule has 136 valence electrons. The number of fused-ring (bicyclic) bond motifs is 1. The molecule has 2 aromatic rings. The van der Waals surface area contributed by atoms with Gasteiger partial charge in [0.1, 0.15) is 5.75 Å². The lowest BCUT2D eigenvalue weighted by Gasteiger charge is -2.30. The summed E-state index contributed by atoms with van der Waals surface area (Å²) in [6, 6.07) is 13.3. The van der Waals surface area contributed by atoms with Crippen LogP contribution < -0.4 is 15.0 Å². The third kappa shape index (κ3) is 4.04. The number of carbonyl (C=O) groups excluding carboxylic acids is 2. The van der Waals surface area contributed by atoms with Crippen LogP contribution in [0.1, 0.15) is 42.3 Å². The van der Waals surface area contributed by atoms with Crippen LogP contribution in [0.2, 0.25) is 0 Å². The molecule has 0 aliphatic carbocycles. The molecular weight excluding hydrogens is 328 g/mol. The highest BCUT2D eigenvalue weighted by molar-refractivity contribution is 6.01. The Kier molecular flexibility index (Phi) is 4.72. The van der Waals surface area contributed by atoms with E-state index in [9.17, 15) is 9.59 Å². The SMILES string of the molecule is Cc1ccc(CN2C(=O)COc3ccc(C(=O)NC(C)(C)C)cc32)cc1. The molecule has 1 aliphatic rings. The Hall–Kier alpha value is -2.82. The highest BCUT2D eigenvalue weighted by atomic mass is 16.5. The van der Waals surface area contributed by atoms with Crippen molar-refractivity contribution in [2.24, 2.45) is 0 Å². The summed E-state index contributed by atoms with van der Waals surface area (Å²) in [7, 11) is 0. The van der Waals surface area contributed by atoms with Crippen LogP contribution in [0.4, 0.5) is 5.69 Å². The van der Waals surface area contributed by atoms with E-state index in [-0.39, 0.29) is 24.0 Å². The van der Waals surface area contributed by atoms with Crippen LogP contribution in [-0.2, 0) is 11.3 Å². The largest absolute Gasteiger partial charge is 0.482 e. The van der Waals surface area contributed by atoms with Gasteiger partial charge in [-0.2, -0.15) is 0 Å². The number of nitrogens with one attached hydrogen (secondary N) is 1. The Bertz CT molecular complexity index is 835. The van der Waals surface area contributed by atoms with Crippen LogP contribution >= 0.6 is 0 Å². The number of amides is 2. The molecule has 5 nitrogen and oxygen atoms in total. The van der Waals surface area contributed by atoms with Gasteiger partial charge in [0.2, 0.25) is 0 Å². The van der Waals surface area contributed by atoms with E-state index in [4.69, 9.17) is 4.74 Å². The fourth-order valence-electron chi connectivity index (χ4n) is 2.81. The second-order valence-corrected chi connectivity index (χ2v) is 7.64. The van der Waals surface area contributed by atoms with Crippen molar-refractivity contribution in [2.75, 3.05) is 11.5 Å². The van der Waals surface area contributed by atoms with E-state index in [1.807, 2.05) is 52.0 Å². The molecule has 1 aliphatic heterocycles. The molecule has 0 bridgehead atoms. The lowest BCUT2D eigenvalue weighted by molar-refractivity contribution is -0.121. The van der Waals surface area contributed by atoms with Gasteiger partial charge in [0.15, 0.2) is 6.61 Å². The van der Waals surface area contributed by atoms with Crippen LogP contribution in [0.3, 0.4) is 0 Å². The average molecular weight is 352 g/mol. The minimum Gasteiger partial charge on any atom is -0.482 e. The smallest absolute Gasteiger partial charge is 0.265 e. The summed E-state index contributed by atoms with van der Waals surface area (Å²) >= 11 is 0. The molecule has 0 fully saturated rings. The summed E-state index contributed by atoms with van der Waals surface area (Å²) in [5.41, 5.74) is 3.00. The van der Waals surface area contributed by atoms with Gasteiger partial charge in [0.25, 0.3) is 11.8 Å². The summed E-state index contributed by atoms with van der Waals surface area (Å²) in [6.07, 6.45) is 0. The lowest BCUT2D eigenvalue weighted by Crippen LogP contribution is -2.41. The Labute approximate surface area is 154 Å². The first-order valence-corrected chi connectivity index (χ1v) is 8.68. The van der Waals surface area contributed by atoms with E-state index in [1.165, 1.54) is 5.56 Å². The third-order valence-corrected chi connectivity index (χ3v) is 4.11. The molecule has 3 rings (SSSR count). The summed E-state index contributed by atoms with van der Waals surface area (Å²) in [4.78, 5) is 26.6. The predicted molar refractivity (Wildman–Crippen MR) is 102 cm³/mol. The lowest BCUT2D eigenvalue weighted by atomic mass is 10.1. The molecule has 2 aromatic carbocycles. The van der Waals surface area contributed by atoms with Gasteiger partial charge in [-0.3, -0.25) is 9.59 Å². The molecule has 26 heavy (non-hydrogen) atoms. The van der Waals surface area contributed by atoms with E-state index in [2.05, 4.69) is 5.32 Å². The average Bonchev–Trinajstić information content (AvgIpc) is 2.57. The zero-order chi connectivity index (χ0) is 18.9. The maximum Gasteiger partial charge on any atom is 0.265 e. The molecule has 0 atom stereocenters. The Morgan fingerprint density at radius 2 is 1.85 bits per heavy atom. The first kappa shape index (κ1) is 18.0. The minimum absolute atomic E-state index is 0.00634. The predicted octanol–water partition coefficient (Wildman–Crippen LogP) is 3.45. The van der Waals surface area contributed by atoms with E-state index < -0.39 is 0 Å². The van der Waals surface area contributed by atoms with Crippen LogP contribution in [-0.4, -0.2) is 24.0 Å². The van der Waals surface area contributed by atoms with Gasteiger partial charge in [-0.25, -0.2) is 0 Å². The van der Waals surface area contributed by atoms with Crippen molar-refractivity contribution in [1.82, 2.24) is 5.32 Å². The molecule has 0 saturated heterocycles. The van der Waals surface area contributed by atoms with E-state index in [0.29, 0.717) is 23.5 Å². The quantitative estimate of drug-likeness (QED) is 0.920. The number of nitrogens with zero attached hydrogens (tertiary/aromatic N) is 1. The number of rotatable bonds is 3. The van der Waals surface area contributed by atoms with Gasteiger partial charge in [-0.05, 0) is 51.5 Å². The highest BCUT2D eigenvalue weighted by Crippen LogP contribution is 2.34. The Morgan fingerprint density at radius 3 is 2.50 bits per heavy atom. The van der Waals surface area contributed by atoms with Crippen molar-refractivity contribution in [3.05, 3.63) is 59.2 Å². The number of anilines is 1. The van der Waals surface area contributed by atoms with Crippen LogP contribution in [0.5, 0.6) is 5.75 Å². The van der Waals surface area contributed by atoms with Crippen molar-refractivity contribution in [3.8, 4) is 5.75 Å². The molecule has 0 saturated carbocycles. The second kappa shape index (κ2) is 6.83. The molecule has 0 unspecified atom stereocenters. The van der Waals surface area contributed by atoms with Gasteiger partial charge in [0, 0.05) is 11.1 Å². The van der Waals surface area contributed by atoms with E-state index in [0.717, 1.165) is 5.56 Å². The topological polar surface area (TPSA) is 58.6 Å². The molecular formula is C21H24N2O3. The first-order valence-electron chi connectivity index (χ1n) is 8.68. The van der Waals surface area contributed by atoms with Crippen molar-refractivity contribution in [2.45, 2.75) is 39.8 Å². The highest BCUT2D eigenvalue weighted by Gasteiger charge is 2.27. The number of benzene rings is 2. The Balaban J connectivity index is 1.91. The molecule has 0 radical (unpaired) electrons. The summed E-state index contributed by atoms with van der Waals surface area (Å²) in [6.45, 7) is 8.27. The maximum atomic E-state index is 12.5. The van der Waals surface area contributed by atoms with Crippen LogP contribution in [0.25, 0.3) is 0 Å². The van der Waals surface area contributed by atoms with Gasteiger partial charge in [0.05, 0.1) is 12.2 Å². The van der Waals surface area contributed by atoms with Gasteiger partial charge in [-0.1, -0.05) is 29.8 Å². The third-order valence-electron chi connectivity index (χ3n) is 4.11. The van der Waals surface area contributed by atoms with Crippen LogP contribution in [0.15, 0.2) is 42.5 Å². The number of hydrogen-bond donors (Lipinski definition) is 1. The first-order chi connectivity index (χ1) is 12.2. The molecule has 2 amide bonds. The fourth-order valence-corrected chi connectivity index (χ4v) is 2.81. The Morgan fingerprint density at radius 1 is 1.15 bits per heavy atom. The van der Waals surface area contributed by atoms with Crippen molar-refractivity contribution in [3.63, 3.8) is 0 Å². The molecule has 0 aromatic heterocycles. The molecule has 0 spiro atoms. The number of ether oxygens (including phenoxy) is 1. The normalized spacial score (nSPS) is 13.8. The van der Waals surface area contributed by atoms with Crippen molar-refractivity contribution >= 4 is 17.5 Å². The molecule has 1 N–H and O–H groups in total. The zero-order valence-corrected chi connectivity index (χ0v) is 15.6. The molecule has 1 heterocycles. The van der Waals surface area contributed by atoms with Crippen molar-refractivity contribution in [1.29, 1.82) is 0 Å². The van der Waals surface area contributed by atoms with Gasteiger partial charge < -0.3 is 15.0 Å². The summed E-state index contributed by atoms with van der Waals surface area (Å²) in [5.74, 6) is 0.323. The zero-order valence-electron chi connectivity index (χ0n) is 15.6. The summed E-state index contributed by atoms with van der Waals surface area (Å²) in [5, 5.41) is 2.94. The fraction of sp³-hybridized carbons (Fsp3) is 0.333.